The molecule has 1 N–H and O–H groups in total. The molecule has 0 fully saturated rings. The molecule has 1 heterocycles. The van der Waals surface area contributed by atoms with Gasteiger partial charge in [-0.2, -0.15) is 5.10 Å². The summed E-state index contributed by atoms with van der Waals surface area (Å²) in [7, 11) is -2.01. The largest absolute Gasteiger partial charge is 0.326 e. The maximum atomic E-state index is 12.8. The van der Waals surface area contributed by atoms with Crippen LogP contribution in [0.25, 0.3) is 0 Å². The molecule has 0 unspecified atom stereocenters. The summed E-state index contributed by atoms with van der Waals surface area (Å²) in [6, 6.07) is 6.24. The Kier molecular flexibility index (Phi) is 6.78. The monoisotopic (exact) mass is 392 g/mol. The highest BCUT2D eigenvalue weighted by atomic mass is 32.2. The van der Waals surface area contributed by atoms with Crippen LogP contribution in [0.5, 0.6) is 0 Å². The summed E-state index contributed by atoms with van der Waals surface area (Å²) in [6.45, 7) is 8.92. The normalized spacial score (nSPS) is 11.8. The van der Waals surface area contributed by atoms with Gasteiger partial charge in [0.05, 0.1) is 10.6 Å². The maximum absolute atomic E-state index is 12.8. The zero-order valence-electron chi connectivity index (χ0n) is 16.6. The zero-order chi connectivity index (χ0) is 20.2. The Morgan fingerprint density at radius 2 is 1.81 bits per heavy atom. The number of likely N-dealkylation sites (N-methyl/N-ethyl adjacent to an activating group) is 1. The molecule has 2 rings (SSSR count). The molecule has 148 valence electrons. The molecule has 1 aromatic carbocycles. The average Bonchev–Trinajstić information content (AvgIpc) is 2.93. The van der Waals surface area contributed by atoms with Crippen LogP contribution in [0.2, 0.25) is 0 Å². The third-order valence-corrected chi connectivity index (χ3v) is 6.55. The van der Waals surface area contributed by atoms with Crippen molar-refractivity contribution >= 4 is 21.6 Å². The molecule has 0 bridgehead atoms. The Labute approximate surface area is 161 Å². The van der Waals surface area contributed by atoms with Crippen molar-refractivity contribution < 1.29 is 13.2 Å². The van der Waals surface area contributed by atoms with E-state index < -0.39 is 10.0 Å². The Morgan fingerprint density at radius 1 is 1.19 bits per heavy atom. The summed E-state index contributed by atoms with van der Waals surface area (Å²) in [5.74, 6) is -0.110. The van der Waals surface area contributed by atoms with E-state index in [1.165, 1.54) is 16.4 Å². The maximum Gasteiger partial charge on any atom is 0.242 e. The fourth-order valence-electron chi connectivity index (χ4n) is 2.93. The van der Waals surface area contributed by atoms with Crippen molar-refractivity contribution in [3.63, 3.8) is 0 Å². The Morgan fingerprint density at radius 3 is 2.33 bits per heavy atom. The van der Waals surface area contributed by atoms with Gasteiger partial charge in [0.1, 0.15) is 0 Å². The van der Waals surface area contributed by atoms with Crippen LogP contribution in [0, 0.1) is 13.8 Å². The van der Waals surface area contributed by atoms with Crippen LogP contribution in [0.15, 0.2) is 29.2 Å². The van der Waals surface area contributed by atoms with Crippen molar-refractivity contribution in [2.45, 2.75) is 52.0 Å². The summed E-state index contributed by atoms with van der Waals surface area (Å²) in [5.41, 5.74) is 3.70. The van der Waals surface area contributed by atoms with Gasteiger partial charge in [0.2, 0.25) is 15.9 Å². The smallest absolute Gasteiger partial charge is 0.242 e. The minimum Gasteiger partial charge on any atom is -0.326 e. The minimum absolute atomic E-state index is 0.110. The van der Waals surface area contributed by atoms with Crippen LogP contribution in [-0.2, 0) is 27.8 Å². The first-order valence-electron chi connectivity index (χ1n) is 9.09. The van der Waals surface area contributed by atoms with E-state index in [0.717, 1.165) is 23.5 Å². The first-order chi connectivity index (χ1) is 12.7. The van der Waals surface area contributed by atoms with Crippen molar-refractivity contribution in [2.24, 2.45) is 0 Å². The van der Waals surface area contributed by atoms with E-state index in [1.807, 2.05) is 25.5 Å². The van der Waals surface area contributed by atoms with Gasteiger partial charge in [-0.05, 0) is 57.0 Å². The van der Waals surface area contributed by atoms with Crippen LogP contribution < -0.4 is 5.32 Å². The highest BCUT2D eigenvalue weighted by Gasteiger charge is 2.21. The van der Waals surface area contributed by atoms with Gasteiger partial charge in [0, 0.05) is 37.9 Å². The predicted molar refractivity (Wildman–Crippen MR) is 106 cm³/mol. The first-order valence-corrected chi connectivity index (χ1v) is 10.5. The van der Waals surface area contributed by atoms with Gasteiger partial charge in [0.15, 0.2) is 0 Å². The van der Waals surface area contributed by atoms with E-state index in [9.17, 15) is 13.2 Å². The lowest BCUT2D eigenvalue weighted by Crippen LogP contribution is -2.29. The molecular formula is C19H28N4O3S. The van der Waals surface area contributed by atoms with Crippen LogP contribution in [-0.4, -0.2) is 42.0 Å². The lowest BCUT2D eigenvalue weighted by molar-refractivity contribution is -0.115. The Hall–Kier alpha value is -2.19. The van der Waals surface area contributed by atoms with Gasteiger partial charge in [-0.3, -0.25) is 9.48 Å². The second-order valence-electron chi connectivity index (χ2n) is 6.47. The van der Waals surface area contributed by atoms with Gasteiger partial charge in [-0.1, -0.05) is 6.92 Å². The third kappa shape index (κ3) is 4.75. The summed E-state index contributed by atoms with van der Waals surface area (Å²) in [4.78, 5) is 11.6. The van der Waals surface area contributed by atoms with Crippen molar-refractivity contribution in [1.29, 1.82) is 0 Å². The lowest BCUT2D eigenvalue weighted by atomic mass is 10.1. The molecular weight excluding hydrogens is 364 g/mol. The summed E-state index contributed by atoms with van der Waals surface area (Å²) < 4.78 is 28.9. The SMILES string of the molecule is CCC(=O)Nc1ccc(S(=O)(=O)N(C)CCc2c(C)nn(CC)c2C)cc1. The Bertz CT molecular complexity index is 902. The molecule has 0 aliphatic heterocycles. The van der Waals surface area contributed by atoms with Crippen LogP contribution in [0.1, 0.15) is 37.2 Å². The zero-order valence-corrected chi connectivity index (χ0v) is 17.4. The van der Waals surface area contributed by atoms with Crippen LogP contribution in [0.3, 0.4) is 0 Å². The number of aromatic nitrogens is 2. The Balaban J connectivity index is 2.10. The second-order valence-corrected chi connectivity index (χ2v) is 8.51. The number of hydrogen-bond donors (Lipinski definition) is 1. The molecule has 7 nitrogen and oxygen atoms in total. The molecule has 0 aliphatic rings. The molecule has 0 saturated heterocycles. The van der Waals surface area contributed by atoms with E-state index in [-0.39, 0.29) is 10.8 Å². The number of carbonyl (C=O) groups is 1. The van der Waals surface area contributed by atoms with Gasteiger partial charge < -0.3 is 5.32 Å². The summed E-state index contributed by atoms with van der Waals surface area (Å²) in [5, 5.41) is 7.19. The van der Waals surface area contributed by atoms with Gasteiger partial charge >= 0.3 is 0 Å². The fourth-order valence-corrected chi connectivity index (χ4v) is 4.10. The van der Waals surface area contributed by atoms with E-state index in [1.54, 1.807) is 26.1 Å². The van der Waals surface area contributed by atoms with E-state index in [0.29, 0.717) is 25.1 Å². The molecule has 0 saturated carbocycles. The van der Waals surface area contributed by atoms with E-state index >= 15 is 0 Å². The number of amides is 1. The number of benzene rings is 1. The molecule has 0 atom stereocenters. The third-order valence-electron chi connectivity index (χ3n) is 4.67. The highest BCUT2D eigenvalue weighted by molar-refractivity contribution is 7.89. The number of rotatable bonds is 8. The number of carbonyl (C=O) groups excluding carboxylic acids is 1. The van der Waals surface area contributed by atoms with Gasteiger partial charge in [-0.15, -0.1) is 0 Å². The van der Waals surface area contributed by atoms with Crippen molar-refractivity contribution in [3.05, 3.63) is 41.2 Å². The lowest BCUT2D eigenvalue weighted by Gasteiger charge is -2.17. The van der Waals surface area contributed by atoms with Gasteiger partial charge in [0.25, 0.3) is 0 Å². The number of nitrogens with zero attached hydrogens (tertiary/aromatic N) is 3. The predicted octanol–water partition coefficient (Wildman–Crippen LogP) is 2.73. The molecule has 1 amide bonds. The quantitative estimate of drug-likeness (QED) is 0.749. The topological polar surface area (TPSA) is 84.3 Å². The van der Waals surface area contributed by atoms with E-state index in [2.05, 4.69) is 10.4 Å². The summed E-state index contributed by atoms with van der Waals surface area (Å²) >= 11 is 0. The van der Waals surface area contributed by atoms with Crippen LogP contribution in [0.4, 0.5) is 5.69 Å². The molecule has 0 aliphatic carbocycles. The van der Waals surface area contributed by atoms with Crippen molar-refractivity contribution in [1.82, 2.24) is 14.1 Å². The number of hydrogen-bond acceptors (Lipinski definition) is 4. The second kappa shape index (κ2) is 8.67. The molecule has 8 heteroatoms. The number of anilines is 1. The number of aryl methyl sites for hydroxylation is 2. The minimum atomic E-state index is -3.59. The standard InChI is InChI=1S/C19H28N4O3S/c1-6-19(24)20-16-8-10-17(11-9-16)27(25,26)22(5)13-12-18-14(3)21-23(7-2)15(18)4/h8-11H,6-7,12-13H2,1-5H3,(H,20,24). The number of nitrogens with one attached hydrogen (secondary N) is 1. The van der Waals surface area contributed by atoms with E-state index in [4.69, 9.17) is 0 Å². The molecule has 2 aromatic rings. The fraction of sp³-hybridized carbons (Fsp3) is 0.474. The summed E-state index contributed by atoms with van der Waals surface area (Å²) in [6.07, 6.45) is 0.980. The molecule has 0 spiro atoms. The van der Waals surface area contributed by atoms with Crippen LogP contribution >= 0.6 is 0 Å². The number of sulfonamides is 1. The molecule has 1 aromatic heterocycles. The highest BCUT2D eigenvalue weighted by Crippen LogP contribution is 2.19. The molecule has 0 radical (unpaired) electrons. The van der Waals surface area contributed by atoms with Crippen molar-refractivity contribution in [3.8, 4) is 0 Å². The van der Waals surface area contributed by atoms with Crippen molar-refractivity contribution in [2.75, 3.05) is 18.9 Å². The average molecular weight is 393 g/mol. The molecule has 27 heavy (non-hydrogen) atoms. The first kappa shape index (κ1) is 21.1. The van der Waals surface area contributed by atoms with Gasteiger partial charge in [-0.25, -0.2) is 12.7 Å².